The summed E-state index contributed by atoms with van der Waals surface area (Å²) in [4.78, 5) is 51.3. The molecule has 3 rings (SSSR count). The van der Waals surface area contributed by atoms with Gasteiger partial charge in [0.15, 0.2) is 11.5 Å². The number of Topliss-reactive ketones (excluding diaryl/α,β-unsaturated/α-hetero) is 1. The van der Waals surface area contributed by atoms with Crippen LogP contribution in [0.15, 0.2) is 11.8 Å². The number of aliphatic hydroxyl groups excluding tert-OH is 1. The predicted molar refractivity (Wildman–Crippen MR) is 111 cm³/mol. The van der Waals surface area contributed by atoms with Crippen LogP contribution in [0.2, 0.25) is 0 Å². The molecule has 2 heterocycles. The monoisotopic (exact) mass is 524 g/mol. The molecular weight excluding hydrogens is 499 g/mol. The smallest absolute Gasteiger partial charge is 0.506 e. The summed E-state index contributed by atoms with van der Waals surface area (Å²) >= 11 is 0. The Morgan fingerprint density at radius 2 is 1.97 bits per heavy atom. The quantitative estimate of drug-likeness (QED) is 0.192. The number of rotatable bonds is 10. The Hall–Kier alpha value is -3.10. The number of allylic oxidation sites excluding steroid dienone is 1. The van der Waals surface area contributed by atoms with Crippen molar-refractivity contribution in [1.82, 2.24) is 15.5 Å². The largest absolute Gasteiger partial charge is 0.522 e. The van der Waals surface area contributed by atoms with Crippen molar-refractivity contribution in [2.24, 2.45) is 11.3 Å². The number of nitrogens with one attached hydrogen (secondary N) is 3. The standard InChI is InChI=1S/C21H25F5N4O6/c22-16(23)14(31)6-11(27)19(35)30-9-20(2-3-20)7-13(30)18(34)29-12(5-10-1-4-28-17(10)33)15(32)8-36-21(24,25)26/h6,10,12-13,16,27,31H,1-5,7-9H2,(H,28,33)(H,29,34)/b14-6-,27-11?/t10-,12-,13-/m0/s1. The van der Waals surface area contributed by atoms with E-state index >= 15 is 0 Å². The van der Waals surface area contributed by atoms with Crippen molar-refractivity contribution < 1.29 is 51.0 Å². The number of carbonyl (C=O) groups is 4. The van der Waals surface area contributed by atoms with E-state index in [-0.39, 0.29) is 25.5 Å². The zero-order valence-electron chi connectivity index (χ0n) is 18.9. The van der Waals surface area contributed by atoms with Crippen LogP contribution in [0.1, 0.15) is 32.1 Å². The van der Waals surface area contributed by atoms with Gasteiger partial charge in [0.2, 0.25) is 11.8 Å². The number of likely N-dealkylation sites (tertiary alicyclic amines) is 1. The van der Waals surface area contributed by atoms with Crippen molar-refractivity contribution in [2.45, 2.75) is 57.0 Å². The number of halogens is 5. The molecule has 200 valence electrons. The molecule has 15 heteroatoms. The van der Waals surface area contributed by atoms with Crippen LogP contribution in [-0.2, 0) is 23.9 Å². The van der Waals surface area contributed by atoms with Crippen LogP contribution in [-0.4, -0.2) is 83.8 Å². The number of amides is 3. The van der Waals surface area contributed by atoms with E-state index in [0.29, 0.717) is 25.8 Å². The molecule has 4 N–H and O–H groups in total. The molecule has 1 aliphatic carbocycles. The summed E-state index contributed by atoms with van der Waals surface area (Å²) in [5, 5.41) is 21.8. The Kier molecular flexibility index (Phi) is 8.00. The van der Waals surface area contributed by atoms with Gasteiger partial charge in [0, 0.05) is 25.1 Å². The minimum atomic E-state index is -5.10. The van der Waals surface area contributed by atoms with Crippen molar-refractivity contribution in [2.75, 3.05) is 19.7 Å². The predicted octanol–water partition coefficient (Wildman–Crippen LogP) is 1.21. The van der Waals surface area contributed by atoms with Gasteiger partial charge in [-0.3, -0.25) is 29.3 Å². The van der Waals surface area contributed by atoms with E-state index in [0.717, 1.165) is 4.90 Å². The van der Waals surface area contributed by atoms with Gasteiger partial charge in [0.1, 0.15) is 18.4 Å². The normalized spacial score (nSPS) is 24.1. The first-order chi connectivity index (χ1) is 16.7. The minimum Gasteiger partial charge on any atom is -0.506 e. The third-order valence-corrected chi connectivity index (χ3v) is 6.54. The Morgan fingerprint density at radius 3 is 2.50 bits per heavy atom. The number of ether oxygens (including phenoxy) is 1. The fraction of sp³-hybridized carbons (Fsp3) is 0.667. The van der Waals surface area contributed by atoms with Crippen LogP contribution in [0.5, 0.6) is 0 Å². The third-order valence-electron chi connectivity index (χ3n) is 6.54. The highest BCUT2D eigenvalue weighted by molar-refractivity contribution is 6.42. The summed E-state index contributed by atoms with van der Waals surface area (Å²) in [6.45, 7) is -1.08. The lowest BCUT2D eigenvalue weighted by atomic mass is 9.95. The lowest BCUT2D eigenvalue weighted by Gasteiger charge is -2.27. The SMILES string of the molecule is N=C(/C=C(\O)C(F)F)C(=O)N1CC2(CC2)C[C@H]1C(=O)N[C@@H](C[C@@H]1CCNC1=O)C(=O)COC(F)(F)F. The first kappa shape index (κ1) is 27.5. The number of alkyl halides is 5. The average molecular weight is 524 g/mol. The van der Waals surface area contributed by atoms with Gasteiger partial charge < -0.3 is 20.6 Å². The summed E-state index contributed by atoms with van der Waals surface area (Å²) in [6.07, 6.45) is -6.70. The van der Waals surface area contributed by atoms with E-state index in [9.17, 15) is 46.2 Å². The highest BCUT2D eigenvalue weighted by atomic mass is 19.4. The van der Waals surface area contributed by atoms with Gasteiger partial charge in [0.05, 0.1) is 6.04 Å². The van der Waals surface area contributed by atoms with Crippen LogP contribution in [0.3, 0.4) is 0 Å². The average Bonchev–Trinajstić information content (AvgIpc) is 3.25. The van der Waals surface area contributed by atoms with E-state index < -0.39 is 77.8 Å². The molecule has 1 saturated carbocycles. The lowest BCUT2D eigenvalue weighted by molar-refractivity contribution is -0.321. The van der Waals surface area contributed by atoms with Crippen LogP contribution < -0.4 is 10.6 Å². The molecule has 0 aromatic rings. The van der Waals surface area contributed by atoms with Crippen LogP contribution >= 0.6 is 0 Å². The molecule has 3 fully saturated rings. The van der Waals surface area contributed by atoms with Crippen LogP contribution in [0.4, 0.5) is 22.0 Å². The fourth-order valence-electron chi connectivity index (χ4n) is 4.42. The maximum absolute atomic E-state index is 13.1. The van der Waals surface area contributed by atoms with Gasteiger partial charge in [-0.2, -0.15) is 0 Å². The number of nitrogens with zero attached hydrogens (tertiary/aromatic N) is 1. The van der Waals surface area contributed by atoms with Gasteiger partial charge in [-0.05, 0) is 37.5 Å². The maximum atomic E-state index is 13.1. The van der Waals surface area contributed by atoms with Crippen molar-refractivity contribution in [3.8, 4) is 0 Å². The number of ketones is 1. The summed E-state index contributed by atoms with van der Waals surface area (Å²) in [6, 6.07) is -2.76. The number of aliphatic hydroxyl groups is 1. The van der Waals surface area contributed by atoms with Crippen molar-refractivity contribution in [1.29, 1.82) is 5.41 Å². The van der Waals surface area contributed by atoms with Gasteiger partial charge >= 0.3 is 6.36 Å². The molecule has 3 aliphatic rings. The molecule has 36 heavy (non-hydrogen) atoms. The second kappa shape index (κ2) is 10.5. The molecule has 0 aromatic carbocycles. The van der Waals surface area contributed by atoms with E-state index in [2.05, 4.69) is 15.4 Å². The van der Waals surface area contributed by atoms with E-state index in [1.807, 2.05) is 0 Å². The van der Waals surface area contributed by atoms with Gasteiger partial charge in [-0.1, -0.05) is 0 Å². The summed E-state index contributed by atoms with van der Waals surface area (Å²) in [7, 11) is 0. The molecule has 2 aliphatic heterocycles. The number of carbonyl (C=O) groups excluding carboxylic acids is 4. The van der Waals surface area contributed by atoms with Crippen molar-refractivity contribution in [3.63, 3.8) is 0 Å². The first-order valence-electron chi connectivity index (χ1n) is 11.1. The van der Waals surface area contributed by atoms with Crippen molar-refractivity contribution in [3.05, 3.63) is 11.8 Å². The second-order valence-electron chi connectivity index (χ2n) is 9.21. The first-order valence-corrected chi connectivity index (χ1v) is 11.1. The van der Waals surface area contributed by atoms with E-state index in [1.54, 1.807) is 0 Å². The second-order valence-corrected chi connectivity index (χ2v) is 9.21. The highest BCUT2D eigenvalue weighted by Crippen LogP contribution is 2.54. The van der Waals surface area contributed by atoms with Crippen LogP contribution in [0.25, 0.3) is 0 Å². The topological polar surface area (TPSA) is 149 Å². The molecule has 0 aromatic heterocycles. The van der Waals surface area contributed by atoms with E-state index in [4.69, 9.17) is 5.41 Å². The Bertz CT molecular complexity index is 965. The zero-order chi connectivity index (χ0) is 26.8. The molecule has 10 nitrogen and oxygen atoms in total. The van der Waals surface area contributed by atoms with Gasteiger partial charge in [-0.25, -0.2) is 8.78 Å². The summed E-state index contributed by atoms with van der Waals surface area (Å²) in [5.74, 6) is -5.80. The number of hydrogen-bond acceptors (Lipinski definition) is 7. The molecule has 1 spiro atoms. The van der Waals surface area contributed by atoms with Gasteiger partial charge in [0.25, 0.3) is 12.3 Å². The lowest BCUT2D eigenvalue weighted by Crippen LogP contribution is -2.53. The van der Waals surface area contributed by atoms with Crippen molar-refractivity contribution >= 4 is 29.2 Å². The third kappa shape index (κ3) is 6.77. The number of hydrogen-bond donors (Lipinski definition) is 4. The molecule has 3 amide bonds. The molecule has 3 atom stereocenters. The van der Waals surface area contributed by atoms with Gasteiger partial charge in [-0.15, -0.1) is 13.2 Å². The maximum Gasteiger partial charge on any atom is 0.522 e. The van der Waals surface area contributed by atoms with Crippen LogP contribution in [0, 0.1) is 16.7 Å². The minimum absolute atomic E-state index is 0.0242. The zero-order valence-corrected chi connectivity index (χ0v) is 18.9. The molecule has 2 saturated heterocycles. The Labute approximate surface area is 201 Å². The Morgan fingerprint density at radius 1 is 1.31 bits per heavy atom. The highest BCUT2D eigenvalue weighted by Gasteiger charge is 2.55. The molecular formula is C21H25F5N4O6. The fourth-order valence-corrected chi connectivity index (χ4v) is 4.42. The summed E-state index contributed by atoms with van der Waals surface area (Å²) < 4.78 is 66.1. The Balaban J connectivity index is 1.76. The molecule has 0 unspecified atom stereocenters. The van der Waals surface area contributed by atoms with E-state index in [1.165, 1.54) is 0 Å². The molecule has 0 radical (unpaired) electrons. The molecule has 0 bridgehead atoms. The summed E-state index contributed by atoms with van der Waals surface area (Å²) in [5.41, 5.74) is -1.42.